The Morgan fingerprint density at radius 1 is 1.41 bits per heavy atom. The number of carbonyl (C=O) groups excluding carboxylic acids is 2. The van der Waals surface area contributed by atoms with Gasteiger partial charge in [0.2, 0.25) is 11.8 Å². The van der Waals surface area contributed by atoms with Crippen molar-refractivity contribution in [1.29, 1.82) is 0 Å². The number of rotatable bonds is 2. The molecule has 2 amide bonds. The first-order valence-electron chi connectivity index (χ1n) is 5.11. The predicted molar refractivity (Wildman–Crippen MR) is 56.2 cm³/mol. The van der Waals surface area contributed by atoms with Gasteiger partial charge in [-0.05, 0) is 18.6 Å². The first kappa shape index (κ1) is 11.5. The number of nitrogens with one attached hydrogen (secondary N) is 2. The Hall–Kier alpha value is -1.98. The van der Waals surface area contributed by atoms with Crippen LogP contribution in [0.1, 0.15) is 12.8 Å². The molecule has 4 nitrogen and oxygen atoms in total. The maximum absolute atomic E-state index is 13.2. The summed E-state index contributed by atoms with van der Waals surface area (Å²) in [6.07, 6.45) is 0.664. The minimum atomic E-state index is -0.845. The van der Waals surface area contributed by atoms with Crippen LogP contribution in [0.3, 0.4) is 0 Å². The molecule has 0 unspecified atom stereocenters. The molecule has 0 aromatic heterocycles. The molecule has 0 aliphatic carbocycles. The van der Waals surface area contributed by atoms with Gasteiger partial charge >= 0.3 is 0 Å². The number of hydrogen-bond acceptors (Lipinski definition) is 2. The highest BCUT2D eigenvalue weighted by molar-refractivity contribution is 5.99. The SMILES string of the molecule is O=C1CC[C@@H](C(=O)Nc2ccc(F)cc2F)N1. The predicted octanol–water partition coefficient (Wildman–Crippen LogP) is 1.18. The second kappa shape index (κ2) is 4.48. The molecule has 17 heavy (non-hydrogen) atoms. The van der Waals surface area contributed by atoms with E-state index in [1.807, 2.05) is 0 Å². The number of hydrogen-bond donors (Lipinski definition) is 2. The van der Waals surface area contributed by atoms with E-state index >= 15 is 0 Å². The summed E-state index contributed by atoms with van der Waals surface area (Å²) in [5.41, 5.74) is -0.0995. The Morgan fingerprint density at radius 2 is 2.18 bits per heavy atom. The van der Waals surface area contributed by atoms with Crippen LogP contribution in [0.2, 0.25) is 0 Å². The van der Waals surface area contributed by atoms with Gasteiger partial charge in [0.15, 0.2) is 0 Å². The first-order valence-corrected chi connectivity index (χ1v) is 5.11. The summed E-state index contributed by atoms with van der Waals surface area (Å²) in [5, 5.41) is 4.76. The average Bonchev–Trinajstić information content (AvgIpc) is 2.69. The lowest BCUT2D eigenvalue weighted by Gasteiger charge is -2.11. The van der Waals surface area contributed by atoms with Crippen LogP contribution in [-0.2, 0) is 9.59 Å². The molecule has 1 atom stereocenters. The van der Waals surface area contributed by atoms with E-state index in [1.54, 1.807) is 0 Å². The van der Waals surface area contributed by atoms with Gasteiger partial charge in [-0.25, -0.2) is 8.78 Å². The third kappa shape index (κ3) is 2.58. The number of benzene rings is 1. The lowest BCUT2D eigenvalue weighted by Crippen LogP contribution is -2.37. The topological polar surface area (TPSA) is 58.2 Å². The van der Waals surface area contributed by atoms with Crippen LogP contribution < -0.4 is 10.6 Å². The van der Waals surface area contributed by atoms with E-state index in [0.717, 1.165) is 12.1 Å². The van der Waals surface area contributed by atoms with Crippen molar-refractivity contribution in [3.63, 3.8) is 0 Å². The Bertz CT molecular complexity index is 477. The molecular formula is C11H10F2N2O2. The minimum Gasteiger partial charge on any atom is -0.344 e. The van der Waals surface area contributed by atoms with Crippen LogP contribution in [0.25, 0.3) is 0 Å². The molecule has 1 aromatic carbocycles. The molecule has 1 heterocycles. The highest BCUT2D eigenvalue weighted by Crippen LogP contribution is 2.16. The number of amides is 2. The maximum atomic E-state index is 13.2. The molecule has 0 bridgehead atoms. The number of anilines is 1. The third-order valence-corrected chi connectivity index (χ3v) is 2.50. The van der Waals surface area contributed by atoms with Crippen molar-refractivity contribution in [2.45, 2.75) is 18.9 Å². The number of halogens is 2. The largest absolute Gasteiger partial charge is 0.344 e. The molecule has 1 aliphatic heterocycles. The summed E-state index contributed by atoms with van der Waals surface area (Å²) in [7, 11) is 0. The van der Waals surface area contributed by atoms with Gasteiger partial charge in [-0.1, -0.05) is 0 Å². The average molecular weight is 240 g/mol. The van der Waals surface area contributed by atoms with Crippen molar-refractivity contribution >= 4 is 17.5 Å². The summed E-state index contributed by atoms with van der Waals surface area (Å²) < 4.78 is 25.9. The van der Waals surface area contributed by atoms with Gasteiger partial charge in [-0.15, -0.1) is 0 Å². The quantitative estimate of drug-likeness (QED) is 0.815. The van der Waals surface area contributed by atoms with Crippen LogP contribution in [0, 0.1) is 11.6 Å². The Morgan fingerprint density at radius 3 is 2.76 bits per heavy atom. The Balaban J connectivity index is 2.05. The highest BCUT2D eigenvalue weighted by atomic mass is 19.1. The van der Waals surface area contributed by atoms with Crippen LogP contribution in [0.5, 0.6) is 0 Å². The molecule has 90 valence electrons. The summed E-state index contributed by atoms with van der Waals surface area (Å²) in [6, 6.07) is 2.22. The van der Waals surface area contributed by atoms with Gasteiger partial charge in [-0.3, -0.25) is 9.59 Å². The zero-order valence-corrected chi connectivity index (χ0v) is 8.80. The van der Waals surface area contributed by atoms with E-state index in [0.29, 0.717) is 12.5 Å². The minimum absolute atomic E-state index is 0.0995. The van der Waals surface area contributed by atoms with Gasteiger partial charge in [0, 0.05) is 12.5 Å². The lowest BCUT2D eigenvalue weighted by molar-refractivity contribution is -0.122. The van der Waals surface area contributed by atoms with E-state index in [2.05, 4.69) is 10.6 Å². The van der Waals surface area contributed by atoms with Crippen molar-refractivity contribution in [3.05, 3.63) is 29.8 Å². The molecule has 0 radical (unpaired) electrons. The van der Waals surface area contributed by atoms with Crippen LogP contribution in [-0.4, -0.2) is 17.9 Å². The van der Waals surface area contributed by atoms with E-state index in [4.69, 9.17) is 0 Å². The summed E-state index contributed by atoms with van der Waals surface area (Å²) >= 11 is 0. The normalized spacial score (nSPS) is 18.9. The van der Waals surface area contributed by atoms with Crippen molar-refractivity contribution in [2.24, 2.45) is 0 Å². The monoisotopic (exact) mass is 240 g/mol. The fourth-order valence-electron chi connectivity index (χ4n) is 1.62. The van der Waals surface area contributed by atoms with Gasteiger partial charge in [0.25, 0.3) is 0 Å². The fourth-order valence-corrected chi connectivity index (χ4v) is 1.62. The van der Waals surface area contributed by atoms with Crippen LogP contribution in [0.15, 0.2) is 18.2 Å². The zero-order chi connectivity index (χ0) is 12.4. The zero-order valence-electron chi connectivity index (χ0n) is 8.80. The molecule has 1 saturated heterocycles. The van der Waals surface area contributed by atoms with Gasteiger partial charge < -0.3 is 10.6 Å². The molecule has 6 heteroatoms. The molecule has 1 aliphatic rings. The second-order valence-electron chi connectivity index (χ2n) is 3.77. The third-order valence-electron chi connectivity index (χ3n) is 2.50. The van der Waals surface area contributed by atoms with Crippen molar-refractivity contribution in [2.75, 3.05) is 5.32 Å². The molecular weight excluding hydrogens is 230 g/mol. The molecule has 0 saturated carbocycles. The number of carbonyl (C=O) groups is 2. The van der Waals surface area contributed by atoms with Crippen LogP contribution in [0.4, 0.5) is 14.5 Å². The Labute approximate surface area is 96.0 Å². The summed E-state index contributed by atoms with van der Waals surface area (Å²) in [4.78, 5) is 22.5. The van der Waals surface area contributed by atoms with E-state index < -0.39 is 23.6 Å². The Kier molecular flexibility index (Phi) is 3.03. The smallest absolute Gasteiger partial charge is 0.247 e. The van der Waals surface area contributed by atoms with E-state index in [-0.39, 0.29) is 18.0 Å². The van der Waals surface area contributed by atoms with Gasteiger partial charge in [-0.2, -0.15) is 0 Å². The molecule has 1 fully saturated rings. The molecule has 2 rings (SSSR count). The molecule has 0 spiro atoms. The fraction of sp³-hybridized carbons (Fsp3) is 0.273. The molecule has 2 N–H and O–H groups in total. The van der Waals surface area contributed by atoms with Gasteiger partial charge in [0.05, 0.1) is 5.69 Å². The highest BCUT2D eigenvalue weighted by Gasteiger charge is 2.27. The molecule has 1 aromatic rings. The lowest BCUT2D eigenvalue weighted by atomic mass is 10.2. The second-order valence-corrected chi connectivity index (χ2v) is 3.77. The standard InChI is InChI=1S/C11H10F2N2O2/c12-6-1-2-8(7(13)5-6)15-11(17)9-3-4-10(16)14-9/h1-2,5,9H,3-4H2,(H,14,16)(H,15,17)/t9-/m0/s1. The van der Waals surface area contributed by atoms with E-state index in [1.165, 1.54) is 0 Å². The van der Waals surface area contributed by atoms with Crippen molar-refractivity contribution in [3.8, 4) is 0 Å². The van der Waals surface area contributed by atoms with Crippen molar-refractivity contribution in [1.82, 2.24) is 5.32 Å². The maximum Gasteiger partial charge on any atom is 0.247 e. The summed E-state index contributed by atoms with van der Waals surface area (Å²) in [5.74, 6) is -2.26. The van der Waals surface area contributed by atoms with Crippen LogP contribution >= 0.6 is 0 Å². The van der Waals surface area contributed by atoms with E-state index in [9.17, 15) is 18.4 Å². The first-order chi connectivity index (χ1) is 8.06. The van der Waals surface area contributed by atoms with Gasteiger partial charge in [0.1, 0.15) is 17.7 Å². The summed E-state index contributed by atoms with van der Waals surface area (Å²) in [6.45, 7) is 0. The van der Waals surface area contributed by atoms with Crippen molar-refractivity contribution < 1.29 is 18.4 Å².